The van der Waals surface area contributed by atoms with Crippen molar-refractivity contribution < 1.29 is 13.7 Å². The number of fused-ring (bicyclic) bond motifs is 6. The molecule has 0 fully saturated rings. The van der Waals surface area contributed by atoms with Crippen LogP contribution in [0.1, 0.15) is 45.6 Å². The first-order valence-electron chi connectivity index (χ1n) is 28.4. The lowest BCUT2D eigenvalue weighted by Crippen LogP contribution is -2.26. The van der Waals surface area contributed by atoms with Crippen molar-refractivity contribution in [1.29, 1.82) is 0 Å². The zero-order valence-corrected chi connectivity index (χ0v) is 39.2. The molecule has 5 nitrogen and oxygen atoms in total. The lowest BCUT2D eigenvalue weighted by atomic mass is 9.86. The van der Waals surface area contributed by atoms with Gasteiger partial charge in [0.05, 0.1) is 42.1 Å². The standard InChI is InChI=1S/C65H53N5/c1-45-38-57(46-22-8-5-9-23-46)64(58(39-45)47-24-10-6-11-25-47)68-44-67(60-32-18-19-33-61(60)68)51-40-48(65(2,3)4)41-52(42-51)69(49-26-12-7-13-27-49)50-35-36-56-54-29-15-14-28-53(54)55-30-16-17-31-59(55)70(62(56)43-50)63-34-20-21-37-66-63/h5-43H,44H2,1-4H3/i5D,6D,8D,9D,10D,11D,22D,23D,24D,25D. The molecule has 0 unspecified atom stereocenters. The average Bonchev–Trinajstić information content (AvgIpc) is 3.66. The largest absolute Gasteiger partial charge is 0.321 e. The van der Waals surface area contributed by atoms with Crippen LogP contribution in [-0.2, 0) is 5.41 Å². The van der Waals surface area contributed by atoms with Crippen LogP contribution in [0.2, 0.25) is 0 Å². The van der Waals surface area contributed by atoms with Crippen molar-refractivity contribution in [1.82, 2.24) is 4.98 Å². The predicted molar refractivity (Wildman–Crippen MR) is 294 cm³/mol. The number of benzene rings is 9. The summed E-state index contributed by atoms with van der Waals surface area (Å²) in [5, 5.41) is 0. The van der Waals surface area contributed by atoms with Gasteiger partial charge < -0.3 is 14.7 Å². The second-order valence-corrected chi connectivity index (χ2v) is 18.6. The molecule has 2 aliphatic rings. The third-order valence-electron chi connectivity index (χ3n) is 13.2. The number of para-hydroxylation sites is 4. The fraction of sp³-hybridized carbons (Fsp3) is 0.0923. The molecule has 0 spiro atoms. The molecule has 0 amide bonds. The zero-order chi connectivity index (χ0) is 56.1. The van der Waals surface area contributed by atoms with Gasteiger partial charge in [-0.3, -0.25) is 4.90 Å². The molecule has 0 radical (unpaired) electrons. The smallest absolute Gasteiger partial charge is 0.137 e. The van der Waals surface area contributed by atoms with Gasteiger partial charge in [0.2, 0.25) is 0 Å². The maximum Gasteiger partial charge on any atom is 0.137 e. The Balaban J connectivity index is 1.09. The maximum atomic E-state index is 9.28. The van der Waals surface area contributed by atoms with Gasteiger partial charge in [0, 0.05) is 51.2 Å². The second-order valence-electron chi connectivity index (χ2n) is 18.6. The average molecular weight is 914 g/mol. The first kappa shape index (κ1) is 32.9. The van der Waals surface area contributed by atoms with E-state index in [9.17, 15) is 5.48 Å². The van der Waals surface area contributed by atoms with E-state index in [0.717, 1.165) is 73.4 Å². The highest BCUT2D eigenvalue weighted by Gasteiger charge is 2.34. The summed E-state index contributed by atoms with van der Waals surface area (Å²) in [5.74, 6) is 0.768. The summed E-state index contributed by atoms with van der Waals surface area (Å²) in [6.07, 6.45) is 1.82. The molecule has 338 valence electrons. The van der Waals surface area contributed by atoms with Crippen molar-refractivity contribution in [3.8, 4) is 44.5 Å². The van der Waals surface area contributed by atoms with E-state index in [2.05, 4.69) is 133 Å². The van der Waals surface area contributed by atoms with E-state index in [1.54, 1.807) is 19.1 Å². The van der Waals surface area contributed by atoms with Gasteiger partial charge in [-0.05, 0) is 131 Å². The highest BCUT2D eigenvalue weighted by molar-refractivity contribution is 6.04. The molecule has 0 aliphatic carbocycles. The second kappa shape index (κ2) is 17.4. The van der Waals surface area contributed by atoms with E-state index in [4.69, 9.17) is 13.2 Å². The zero-order valence-electron chi connectivity index (χ0n) is 49.2. The predicted octanol–water partition coefficient (Wildman–Crippen LogP) is 17.9. The normalized spacial score (nSPS) is 14.7. The lowest BCUT2D eigenvalue weighted by molar-refractivity contribution is 0.590. The summed E-state index contributed by atoms with van der Waals surface area (Å²) in [6, 6.07) is 52.7. The Morgan fingerprint density at radius 1 is 0.471 bits per heavy atom. The number of aryl methyl sites for hydroxylation is 1. The van der Waals surface area contributed by atoms with E-state index in [-0.39, 0.29) is 34.3 Å². The molecule has 9 aromatic carbocycles. The number of pyridine rings is 1. The molecule has 0 N–H and O–H groups in total. The molecule has 0 saturated heterocycles. The third kappa shape index (κ3) is 7.57. The van der Waals surface area contributed by atoms with E-state index >= 15 is 0 Å². The van der Waals surface area contributed by atoms with Crippen molar-refractivity contribution in [2.45, 2.75) is 33.1 Å². The molecule has 2 aliphatic heterocycles. The fourth-order valence-corrected chi connectivity index (χ4v) is 9.97. The summed E-state index contributed by atoms with van der Waals surface area (Å²) < 4.78 is 89.3. The molecular weight excluding hydrogens is 851 g/mol. The van der Waals surface area contributed by atoms with Gasteiger partial charge in [0.25, 0.3) is 0 Å². The van der Waals surface area contributed by atoms with Crippen molar-refractivity contribution in [3.05, 3.63) is 248 Å². The Labute approximate surface area is 425 Å². The summed E-state index contributed by atoms with van der Waals surface area (Å²) in [7, 11) is 0. The Hall–Kier alpha value is -8.67. The molecule has 70 heavy (non-hydrogen) atoms. The van der Waals surface area contributed by atoms with Crippen molar-refractivity contribution >= 4 is 57.0 Å². The summed E-state index contributed by atoms with van der Waals surface area (Å²) >= 11 is 0. The van der Waals surface area contributed by atoms with E-state index in [0.29, 0.717) is 16.9 Å². The molecule has 12 rings (SSSR count). The molecule has 0 saturated carbocycles. The molecule has 3 heterocycles. The van der Waals surface area contributed by atoms with Gasteiger partial charge in [0.1, 0.15) is 12.5 Å². The van der Waals surface area contributed by atoms with E-state index < -0.39 is 60.4 Å². The highest BCUT2D eigenvalue weighted by atomic mass is 15.4. The topological polar surface area (TPSA) is 25.9 Å². The first-order chi connectivity index (χ1) is 38.4. The van der Waals surface area contributed by atoms with Crippen molar-refractivity contribution in [2.24, 2.45) is 0 Å². The van der Waals surface area contributed by atoms with Crippen LogP contribution < -0.4 is 19.6 Å². The lowest BCUT2D eigenvalue weighted by Gasteiger charge is -2.32. The van der Waals surface area contributed by atoms with Crippen LogP contribution >= 0.6 is 0 Å². The van der Waals surface area contributed by atoms with Crippen LogP contribution in [0, 0.1) is 6.92 Å². The van der Waals surface area contributed by atoms with Gasteiger partial charge in [0.15, 0.2) is 0 Å². The Morgan fingerprint density at radius 2 is 1.04 bits per heavy atom. The van der Waals surface area contributed by atoms with Crippen molar-refractivity contribution in [2.75, 3.05) is 26.3 Å². The Kier molecular flexibility index (Phi) is 8.21. The monoisotopic (exact) mass is 913 g/mol. The van der Waals surface area contributed by atoms with Gasteiger partial charge in [-0.25, -0.2) is 4.98 Å². The van der Waals surface area contributed by atoms with E-state index in [1.165, 1.54) is 0 Å². The third-order valence-corrected chi connectivity index (χ3v) is 13.2. The summed E-state index contributed by atoms with van der Waals surface area (Å²) in [4.78, 5) is 13.6. The molecule has 1 aromatic heterocycles. The van der Waals surface area contributed by atoms with Crippen LogP contribution in [0.5, 0.6) is 0 Å². The van der Waals surface area contributed by atoms with Gasteiger partial charge in [-0.15, -0.1) is 0 Å². The molecule has 5 heteroatoms. The number of hydrogen-bond acceptors (Lipinski definition) is 5. The first-order valence-corrected chi connectivity index (χ1v) is 23.4. The Bertz CT molecular complexity index is 4000. The number of hydrogen-bond donors (Lipinski definition) is 0. The SMILES string of the molecule is [2H]c1c([2H])c([2H])c(-c2cc(C)cc(-c3c([2H])c([2H])c([2H])c([2H])c3[2H])c2N2CN(c3cc(N(c4ccccc4)c4ccc5c(c4)N(c4ccccn4)c4ccccc4-c4ccccc4-5)cc(C(C)(C)C)c3)c3ccccc32)c([2H])c1[2H]. The molecule has 10 aromatic rings. The number of rotatable bonds is 8. The molecular formula is C65H53N5. The summed E-state index contributed by atoms with van der Waals surface area (Å²) in [6.45, 7) is 8.43. The van der Waals surface area contributed by atoms with Crippen LogP contribution in [0.3, 0.4) is 0 Å². The van der Waals surface area contributed by atoms with Crippen LogP contribution in [0.25, 0.3) is 44.5 Å². The van der Waals surface area contributed by atoms with Gasteiger partial charge in [-0.2, -0.15) is 0 Å². The van der Waals surface area contributed by atoms with Crippen molar-refractivity contribution in [3.63, 3.8) is 0 Å². The summed E-state index contributed by atoms with van der Waals surface area (Å²) in [5.41, 5.74) is 13.1. The van der Waals surface area contributed by atoms with Gasteiger partial charge >= 0.3 is 0 Å². The van der Waals surface area contributed by atoms with Crippen LogP contribution in [0.15, 0.2) is 236 Å². The Morgan fingerprint density at radius 3 is 1.67 bits per heavy atom. The quantitative estimate of drug-likeness (QED) is 0.151. The minimum atomic E-state index is -0.548. The highest BCUT2D eigenvalue weighted by Crippen LogP contribution is 2.54. The fourth-order valence-electron chi connectivity index (χ4n) is 9.97. The number of anilines is 10. The van der Waals surface area contributed by atoms with Crippen LogP contribution in [0.4, 0.5) is 57.0 Å². The van der Waals surface area contributed by atoms with Crippen LogP contribution in [-0.4, -0.2) is 11.7 Å². The number of aromatic nitrogens is 1. The minimum absolute atomic E-state index is 0.0795. The number of nitrogens with zero attached hydrogens (tertiary/aromatic N) is 5. The minimum Gasteiger partial charge on any atom is -0.321 e. The maximum absolute atomic E-state index is 9.28. The molecule has 0 bridgehead atoms. The van der Waals surface area contributed by atoms with E-state index in [1.807, 2.05) is 71.8 Å². The molecule has 0 atom stereocenters. The van der Waals surface area contributed by atoms with Gasteiger partial charge in [-0.1, -0.05) is 166 Å².